The first-order valence-electron chi connectivity index (χ1n) is 3.34. The van der Waals surface area contributed by atoms with Gasteiger partial charge in [0.15, 0.2) is 0 Å². The molecular weight excluding hydrogens is 142 g/mol. The molecule has 1 unspecified atom stereocenters. The van der Waals surface area contributed by atoms with Gasteiger partial charge in [-0.15, -0.1) is 0 Å². The van der Waals surface area contributed by atoms with Crippen LogP contribution in [-0.4, -0.2) is 21.7 Å². The molecular formula is C7H11N3O. The van der Waals surface area contributed by atoms with Crippen molar-refractivity contribution in [3.63, 3.8) is 0 Å². The first kappa shape index (κ1) is 8.10. The van der Waals surface area contributed by atoms with Gasteiger partial charge in [-0.05, 0) is 13.0 Å². The van der Waals surface area contributed by atoms with Crippen molar-refractivity contribution in [3.05, 3.63) is 24.3 Å². The zero-order valence-electron chi connectivity index (χ0n) is 6.36. The zero-order valence-corrected chi connectivity index (χ0v) is 6.36. The molecule has 4 heteroatoms. The fraction of sp³-hybridized carbons (Fsp3) is 0.429. The zero-order chi connectivity index (χ0) is 8.32. The van der Waals surface area contributed by atoms with Crippen LogP contribution >= 0.6 is 0 Å². The Morgan fingerprint density at radius 3 is 2.55 bits per heavy atom. The largest absolute Gasteiger partial charge is 0.394 e. The first-order valence-corrected chi connectivity index (χ1v) is 3.34. The predicted molar refractivity (Wildman–Crippen MR) is 40.7 cm³/mol. The second-order valence-electron chi connectivity index (χ2n) is 2.65. The van der Waals surface area contributed by atoms with Crippen molar-refractivity contribution < 1.29 is 5.11 Å². The minimum Gasteiger partial charge on any atom is -0.394 e. The minimum absolute atomic E-state index is 0.156. The Bertz CT molecular complexity index is 222. The average molecular weight is 153 g/mol. The molecule has 0 spiro atoms. The smallest absolute Gasteiger partial charge is 0.150 e. The summed E-state index contributed by atoms with van der Waals surface area (Å²) in [6.45, 7) is 1.53. The number of rotatable bonds is 2. The van der Waals surface area contributed by atoms with E-state index in [0.29, 0.717) is 5.82 Å². The highest BCUT2D eigenvalue weighted by Gasteiger charge is 2.22. The summed E-state index contributed by atoms with van der Waals surface area (Å²) in [5.41, 5.74) is 4.83. The third-order valence-corrected chi connectivity index (χ3v) is 1.41. The summed E-state index contributed by atoms with van der Waals surface area (Å²) in [6, 6.07) is 1.71. The molecule has 11 heavy (non-hydrogen) atoms. The van der Waals surface area contributed by atoms with Gasteiger partial charge in [-0.25, -0.2) is 9.97 Å². The lowest BCUT2D eigenvalue weighted by Gasteiger charge is -2.18. The maximum atomic E-state index is 8.84. The maximum Gasteiger partial charge on any atom is 0.150 e. The van der Waals surface area contributed by atoms with E-state index in [2.05, 4.69) is 9.97 Å². The summed E-state index contributed by atoms with van der Waals surface area (Å²) >= 11 is 0. The molecule has 0 aliphatic carbocycles. The summed E-state index contributed by atoms with van der Waals surface area (Å²) in [5, 5.41) is 8.84. The lowest BCUT2D eigenvalue weighted by atomic mass is 10.1. The second-order valence-corrected chi connectivity index (χ2v) is 2.65. The number of hydrogen-bond donors (Lipinski definition) is 2. The van der Waals surface area contributed by atoms with Gasteiger partial charge in [0, 0.05) is 12.4 Å². The summed E-state index contributed by atoms with van der Waals surface area (Å²) < 4.78 is 0. The van der Waals surface area contributed by atoms with E-state index in [1.54, 1.807) is 25.4 Å². The van der Waals surface area contributed by atoms with Gasteiger partial charge in [0.25, 0.3) is 0 Å². The molecule has 0 bridgehead atoms. The normalized spacial score (nSPS) is 15.9. The molecule has 0 saturated heterocycles. The van der Waals surface area contributed by atoms with Crippen LogP contribution in [0.1, 0.15) is 12.7 Å². The number of hydrogen-bond acceptors (Lipinski definition) is 4. The molecule has 60 valence electrons. The van der Waals surface area contributed by atoms with E-state index < -0.39 is 5.54 Å². The molecule has 1 heterocycles. The van der Waals surface area contributed by atoms with E-state index in [0.717, 1.165) is 0 Å². The van der Waals surface area contributed by atoms with Gasteiger partial charge in [0.1, 0.15) is 5.82 Å². The van der Waals surface area contributed by atoms with Crippen molar-refractivity contribution in [2.45, 2.75) is 12.5 Å². The summed E-state index contributed by atoms with van der Waals surface area (Å²) in [5.74, 6) is 0.461. The number of nitrogens with zero attached hydrogens (tertiary/aromatic N) is 2. The fourth-order valence-corrected chi connectivity index (χ4v) is 0.665. The predicted octanol–water partition coefficient (Wildman–Crippen LogP) is -0.357. The Hall–Kier alpha value is -1.00. The molecule has 3 N–H and O–H groups in total. The van der Waals surface area contributed by atoms with Crippen LogP contribution in [0.3, 0.4) is 0 Å². The molecule has 0 amide bonds. The number of aliphatic hydroxyl groups excluding tert-OH is 1. The van der Waals surface area contributed by atoms with Gasteiger partial charge in [0.05, 0.1) is 12.1 Å². The van der Waals surface area contributed by atoms with Crippen molar-refractivity contribution >= 4 is 0 Å². The van der Waals surface area contributed by atoms with E-state index in [9.17, 15) is 0 Å². The molecule has 1 aromatic rings. The maximum absolute atomic E-state index is 8.84. The van der Waals surface area contributed by atoms with Gasteiger partial charge < -0.3 is 10.8 Å². The minimum atomic E-state index is -0.832. The molecule has 0 aromatic carbocycles. The van der Waals surface area contributed by atoms with Crippen LogP contribution < -0.4 is 5.73 Å². The Balaban J connectivity index is 2.93. The van der Waals surface area contributed by atoms with E-state index in [1.807, 2.05) is 0 Å². The van der Waals surface area contributed by atoms with Crippen LogP contribution in [0.2, 0.25) is 0 Å². The van der Waals surface area contributed by atoms with Crippen molar-refractivity contribution in [2.24, 2.45) is 5.73 Å². The molecule has 1 aromatic heterocycles. The Morgan fingerprint density at radius 1 is 1.55 bits per heavy atom. The van der Waals surface area contributed by atoms with Crippen LogP contribution in [0.4, 0.5) is 0 Å². The monoisotopic (exact) mass is 153 g/mol. The third-order valence-electron chi connectivity index (χ3n) is 1.41. The number of aliphatic hydroxyl groups is 1. The summed E-state index contributed by atoms with van der Waals surface area (Å²) in [4.78, 5) is 7.85. The Labute approximate surface area is 65.1 Å². The second kappa shape index (κ2) is 2.94. The van der Waals surface area contributed by atoms with Gasteiger partial charge in [0.2, 0.25) is 0 Å². The van der Waals surface area contributed by atoms with Crippen molar-refractivity contribution in [3.8, 4) is 0 Å². The Kier molecular flexibility index (Phi) is 2.16. The van der Waals surface area contributed by atoms with Gasteiger partial charge >= 0.3 is 0 Å². The van der Waals surface area contributed by atoms with E-state index in [1.165, 1.54) is 0 Å². The highest BCUT2D eigenvalue weighted by Crippen LogP contribution is 2.09. The molecule has 0 saturated carbocycles. The highest BCUT2D eigenvalue weighted by atomic mass is 16.3. The van der Waals surface area contributed by atoms with Crippen LogP contribution in [0, 0.1) is 0 Å². The van der Waals surface area contributed by atoms with Crippen LogP contribution in [0.15, 0.2) is 18.5 Å². The summed E-state index contributed by atoms with van der Waals surface area (Å²) in [6.07, 6.45) is 3.20. The molecule has 0 radical (unpaired) electrons. The molecule has 0 aliphatic rings. The lowest BCUT2D eigenvalue weighted by molar-refractivity contribution is 0.203. The fourth-order valence-electron chi connectivity index (χ4n) is 0.665. The van der Waals surface area contributed by atoms with Gasteiger partial charge in [-0.1, -0.05) is 0 Å². The molecule has 1 rings (SSSR count). The molecule has 1 atom stereocenters. The molecule has 0 aliphatic heterocycles. The quantitative estimate of drug-likeness (QED) is 0.608. The topological polar surface area (TPSA) is 72.0 Å². The van der Waals surface area contributed by atoms with E-state index >= 15 is 0 Å². The van der Waals surface area contributed by atoms with Crippen molar-refractivity contribution in [1.82, 2.24) is 9.97 Å². The van der Waals surface area contributed by atoms with Crippen LogP contribution in [0.5, 0.6) is 0 Å². The lowest BCUT2D eigenvalue weighted by Crippen LogP contribution is -2.38. The van der Waals surface area contributed by atoms with Gasteiger partial charge in [-0.2, -0.15) is 0 Å². The van der Waals surface area contributed by atoms with E-state index in [4.69, 9.17) is 10.8 Å². The number of nitrogens with two attached hydrogens (primary N) is 1. The Morgan fingerprint density at radius 2 is 2.09 bits per heavy atom. The standard InChI is InChI=1S/C7H11N3O/c1-7(8,5-11)6-9-3-2-4-10-6/h2-4,11H,5,8H2,1H3. The highest BCUT2D eigenvalue weighted by molar-refractivity contribution is 5.02. The first-order chi connectivity index (χ1) is 5.17. The third kappa shape index (κ3) is 1.72. The van der Waals surface area contributed by atoms with Crippen molar-refractivity contribution in [2.75, 3.05) is 6.61 Å². The van der Waals surface area contributed by atoms with Crippen molar-refractivity contribution in [1.29, 1.82) is 0 Å². The van der Waals surface area contributed by atoms with Gasteiger partial charge in [-0.3, -0.25) is 0 Å². The van der Waals surface area contributed by atoms with Crippen LogP contribution in [-0.2, 0) is 5.54 Å². The average Bonchev–Trinajstić information content (AvgIpc) is 2.06. The van der Waals surface area contributed by atoms with E-state index in [-0.39, 0.29) is 6.61 Å². The SMILES string of the molecule is CC(N)(CO)c1ncccn1. The summed E-state index contributed by atoms with van der Waals surface area (Å²) in [7, 11) is 0. The van der Waals surface area contributed by atoms with Crippen LogP contribution in [0.25, 0.3) is 0 Å². The number of aromatic nitrogens is 2. The molecule has 4 nitrogen and oxygen atoms in total. The molecule has 0 fully saturated rings.